The standard InChI is InChI=1S/C10H10ClN5O2S2/c11-7-2-1-6(19-7)3-13-9(18)15-10-14-8(16-20-10)4-12-5-17/h1-2,5H,3-4H2,(H,12,17)(H2,13,14,15,16,18). The largest absolute Gasteiger partial charge is 0.351 e. The summed E-state index contributed by atoms with van der Waals surface area (Å²) in [6, 6.07) is 3.25. The summed E-state index contributed by atoms with van der Waals surface area (Å²) in [5.74, 6) is 0.447. The van der Waals surface area contributed by atoms with Crippen LogP contribution < -0.4 is 16.0 Å². The molecule has 10 heteroatoms. The van der Waals surface area contributed by atoms with Crippen molar-refractivity contribution in [3.05, 3.63) is 27.2 Å². The van der Waals surface area contributed by atoms with Crippen molar-refractivity contribution < 1.29 is 9.59 Å². The Bertz CT molecular complexity index is 600. The molecule has 20 heavy (non-hydrogen) atoms. The number of carbonyl (C=O) groups excluding carboxylic acids is 2. The molecule has 2 heterocycles. The summed E-state index contributed by atoms with van der Waals surface area (Å²) in [6.07, 6.45) is 0.562. The number of anilines is 1. The van der Waals surface area contributed by atoms with Gasteiger partial charge < -0.3 is 10.6 Å². The van der Waals surface area contributed by atoms with E-state index in [1.165, 1.54) is 11.3 Å². The molecular weight excluding hydrogens is 322 g/mol. The van der Waals surface area contributed by atoms with Gasteiger partial charge in [0.2, 0.25) is 11.5 Å². The maximum absolute atomic E-state index is 11.6. The molecule has 0 unspecified atom stereocenters. The van der Waals surface area contributed by atoms with E-state index >= 15 is 0 Å². The molecule has 0 radical (unpaired) electrons. The predicted molar refractivity (Wildman–Crippen MR) is 78.0 cm³/mol. The molecule has 0 aromatic carbocycles. The van der Waals surface area contributed by atoms with Gasteiger partial charge in [0.25, 0.3) is 0 Å². The fourth-order valence-electron chi connectivity index (χ4n) is 1.26. The fourth-order valence-corrected chi connectivity index (χ4v) is 2.87. The van der Waals surface area contributed by atoms with Crippen LogP contribution in [0.5, 0.6) is 0 Å². The molecule has 106 valence electrons. The molecule has 2 aromatic rings. The molecule has 3 N–H and O–H groups in total. The van der Waals surface area contributed by atoms with E-state index < -0.39 is 0 Å². The second kappa shape index (κ2) is 7.17. The van der Waals surface area contributed by atoms with Gasteiger partial charge in [-0.25, -0.2) is 9.78 Å². The Kier molecular flexibility index (Phi) is 5.27. The van der Waals surface area contributed by atoms with Crippen LogP contribution in [0.1, 0.15) is 10.7 Å². The summed E-state index contributed by atoms with van der Waals surface area (Å²) in [4.78, 5) is 26.8. The molecule has 2 rings (SSSR count). The zero-order chi connectivity index (χ0) is 14.4. The third-order valence-electron chi connectivity index (χ3n) is 2.08. The first kappa shape index (κ1) is 14.7. The lowest BCUT2D eigenvalue weighted by molar-refractivity contribution is -0.109. The SMILES string of the molecule is O=CNCc1nsc(NC(=O)NCc2ccc(Cl)s2)n1. The van der Waals surface area contributed by atoms with E-state index in [1.807, 2.05) is 6.07 Å². The lowest BCUT2D eigenvalue weighted by Crippen LogP contribution is -2.27. The van der Waals surface area contributed by atoms with Gasteiger partial charge in [0, 0.05) is 16.4 Å². The molecule has 0 atom stereocenters. The van der Waals surface area contributed by atoms with E-state index in [9.17, 15) is 9.59 Å². The lowest BCUT2D eigenvalue weighted by Gasteiger charge is -2.02. The van der Waals surface area contributed by atoms with Gasteiger partial charge in [-0.2, -0.15) is 4.37 Å². The Hall–Kier alpha value is -1.71. The van der Waals surface area contributed by atoms with Crippen LogP contribution in [0.2, 0.25) is 4.34 Å². The number of rotatable bonds is 6. The number of hydrogen-bond acceptors (Lipinski definition) is 6. The second-order valence-corrected chi connectivity index (χ2v) is 6.08. The first-order chi connectivity index (χ1) is 9.67. The zero-order valence-corrected chi connectivity index (χ0v) is 12.4. The number of hydrogen-bond donors (Lipinski definition) is 3. The lowest BCUT2D eigenvalue weighted by atomic mass is 10.5. The molecule has 2 aromatic heterocycles. The summed E-state index contributed by atoms with van der Waals surface area (Å²) in [5, 5.41) is 8.06. The number of thiophene rings is 1. The Morgan fingerprint density at radius 2 is 2.25 bits per heavy atom. The van der Waals surface area contributed by atoms with Crippen LogP contribution in [-0.4, -0.2) is 21.8 Å². The van der Waals surface area contributed by atoms with E-state index in [-0.39, 0.29) is 12.6 Å². The van der Waals surface area contributed by atoms with Crippen molar-refractivity contribution >= 4 is 52.0 Å². The van der Waals surface area contributed by atoms with Crippen LogP contribution in [0.15, 0.2) is 12.1 Å². The predicted octanol–water partition coefficient (Wildman–Crippen LogP) is 1.82. The summed E-state index contributed by atoms with van der Waals surface area (Å²) in [7, 11) is 0. The quantitative estimate of drug-likeness (QED) is 0.703. The summed E-state index contributed by atoms with van der Waals surface area (Å²) >= 11 is 8.24. The van der Waals surface area contributed by atoms with Crippen molar-refractivity contribution in [2.45, 2.75) is 13.1 Å². The van der Waals surface area contributed by atoms with Crippen molar-refractivity contribution in [3.63, 3.8) is 0 Å². The Labute approximate surface area is 127 Å². The van der Waals surface area contributed by atoms with Crippen molar-refractivity contribution in [2.24, 2.45) is 0 Å². The van der Waals surface area contributed by atoms with Gasteiger partial charge in [0.05, 0.1) is 17.4 Å². The van der Waals surface area contributed by atoms with E-state index in [0.29, 0.717) is 28.2 Å². The first-order valence-corrected chi connectivity index (χ1v) is 7.43. The van der Waals surface area contributed by atoms with Gasteiger partial charge in [-0.3, -0.25) is 10.1 Å². The maximum atomic E-state index is 11.6. The fraction of sp³-hybridized carbons (Fsp3) is 0.200. The number of aromatic nitrogens is 2. The minimum atomic E-state index is -0.374. The first-order valence-electron chi connectivity index (χ1n) is 5.46. The van der Waals surface area contributed by atoms with E-state index in [1.54, 1.807) is 6.07 Å². The van der Waals surface area contributed by atoms with E-state index in [4.69, 9.17) is 11.6 Å². The number of carbonyl (C=O) groups is 2. The zero-order valence-electron chi connectivity index (χ0n) is 10.1. The molecular formula is C10H10ClN5O2S2. The minimum absolute atomic E-state index is 0.233. The molecule has 0 saturated carbocycles. The van der Waals surface area contributed by atoms with Crippen molar-refractivity contribution in [2.75, 3.05) is 5.32 Å². The molecule has 3 amide bonds. The van der Waals surface area contributed by atoms with Crippen LogP contribution in [0.4, 0.5) is 9.93 Å². The molecule has 0 aliphatic carbocycles. The number of amides is 3. The van der Waals surface area contributed by atoms with Crippen LogP contribution in [0.3, 0.4) is 0 Å². The second-order valence-electron chi connectivity index (χ2n) is 3.53. The molecule has 0 bridgehead atoms. The summed E-state index contributed by atoms with van der Waals surface area (Å²) in [5.41, 5.74) is 0. The maximum Gasteiger partial charge on any atom is 0.321 e. The smallest absolute Gasteiger partial charge is 0.321 e. The van der Waals surface area contributed by atoms with Gasteiger partial charge in [-0.05, 0) is 12.1 Å². The van der Waals surface area contributed by atoms with Gasteiger partial charge in [0.1, 0.15) is 0 Å². The van der Waals surface area contributed by atoms with E-state index in [2.05, 4.69) is 25.3 Å². The van der Waals surface area contributed by atoms with Crippen LogP contribution in [0.25, 0.3) is 0 Å². The molecule has 0 saturated heterocycles. The molecule has 0 spiro atoms. The van der Waals surface area contributed by atoms with Crippen LogP contribution in [-0.2, 0) is 17.9 Å². The van der Waals surface area contributed by atoms with Crippen molar-refractivity contribution in [3.8, 4) is 0 Å². The number of urea groups is 1. The number of nitrogens with zero attached hydrogens (tertiary/aromatic N) is 2. The molecule has 0 fully saturated rings. The average Bonchev–Trinajstić information content (AvgIpc) is 3.03. The summed E-state index contributed by atoms with van der Waals surface area (Å²) < 4.78 is 4.66. The third kappa shape index (κ3) is 4.44. The van der Waals surface area contributed by atoms with Crippen molar-refractivity contribution in [1.82, 2.24) is 20.0 Å². The number of nitrogens with one attached hydrogen (secondary N) is 3. The Morgan fingerprint density at radius 3 is 2.95 bits per heavy atom. The van der Waals surface area contributed by atoms with Crippen molar-refractivity contribution in [1.29, 1.82) is 0 Å². The van der Waals surface area contributed by atoms with E-state index in [0.717, 1.165) is 16.4 Å². The Morgan fingerprint density at radius 1 is 1.40 bits per heavy atom. The van der Waals surface area contributed by atoms with Gasteiger partial charge >= 0.3 is 6.03 Å². The third-order valence-corrected chi connectivity index (χ3v) is 3.98. The summed E-state index contributed by atoms with van der Waals surface area (Å²) in [6.45, 7) is 0.624. The highest BCUT2D eigenvalue weighted by atomic mass is 35.5. The highest BCUT2D eigenvalue weighted by Gasteiger charge is 2.08. The number of halogens is 1. The topological polar surface area (TPSA) is 96.0 Å². The van der Waals surface area contributed by atoms with Crippen LogP contribution >= 0.6 is 34.5 Å². The monoisotopic (exact) mass is 331 g/mol. The van der Waals surface area contributed by atoms with Crippen LogP contribution in [0, 0.1) is 0 Å². The highest BCUT2D eigenvalue weighted by Crippen LogP contribution is 2.21. The highest BCUT2D eigenvalue weighted by molar-refractivity contribution is 7.16. The molecule has 7 nitrogen and oxygen atoms in total. The van der Waals surface area contributed by atoms with Gasteiger partial charge in [0.15, 0.2) is 5.82 Å². The minimum Gasteiger partial charge on any atom is -0.351 e. The molecule has 0 aliphatic heterocycles. The normalized spacial score (nSPS) is 10.1. The van der Waals surface area contributed by atoms with Gasteiger partial charge in [-0.1, -0.05) is 11.6 Å². The average molecular weight is 332 g/mol. The van der Waals surface area contributed by atoms with Gasteiger partial charge in [-0.15, -0.1) is 11.3 Å². The molecule has 0 aliphatic rings. The Balaban J connectivity index is 1.79.